The maximum absolute atomic E-state index is 13.7. The first-order valence-corrected chi connectivity index (χ1v) is 6.66. The second kappa shape index (κ2) is 5.27. The van der Waals surface area contributed by atoms with Crippen LogP contribution >= 0.6 is 0 Å². The summed E-state index contributed by atoms with van der Waals surface area (Å²) in [5.74, 6) is -1.55. The molecule has 0 radical (unpaired) electrons. The number of halogens is 2. The molecular formula is C15H19F2NO. The lowest BCUT2D eigenvalue weighted by Gasteiger charge is -2.22. The van der Waals surface area contributed by atoms with Crippen LogP contribution in [0.25, 0.3) is 0 Å². The Morgan fingerprint density at radius 2 is 1.79 bits per heavy atom. The van der Waals surface area contributed by atoms with Crippen molar-refractivity contribution in [3.05, 3.63) is 34.9 Å². The Kier molecular flexibility index (Phi) is 3.88. The second-order valence-electron chi connectivity index (χ2n) is 5.68. The van der Waals surface area contributed by atoms with Crippen LogP contribution in [0.15, 0.2) is 12.1 Å². The van der Waals surface area contributed by atoms with Crippen LogP contribution in [0.1, 0.15) is 42.6 Å². The highest BCUT2D eigenvalue weighted by Crippen LogP contribution is 2.35. The van der Waals surface area contributed by atoms with E-state index in [1.54, 1.807) is 6.92 Å². The van der Waals surface area contributed by atoms with Gasteiger partial charge in [-0.3, -0.25) is 4.79 Å². The molecule has 4 heteroatoms. The summed E-state index contributed by atoms with van der Waals surface area (Å²) in [5.41, 5.74) is -0.00828. The Hall–Kier alpha value is -1.45. The Morgan fingerprint density at radius 1 is 1.26 bits per heavy atom. The van der Waals surface area contributed by atoms with E-state index in [9.17, 15) is 13.6 Å². The highest BCUT2D eigenvalue weighted by Gasteiger charge is 2.35. The fraction of sp³-hybridized carbons (Fsp3) is 0.533. The van der Waals surface area contributed by atoms with Crippen LogP contribution in [0, 0.1) is 30.4 Å². The first kappa shape index (κ1) is 14.0. The van der Waals surface area contributed by atoms with E-state index in [0.29, 0.717) is 11.5 Å². The molecule has 1 atom stereocenters. The van der Waals surface area contributed by atoms with Gasteiger partial charge in [-0.1, -0.05) is 13.8 Å². The van der Waals surface area contributed by atoms with E-state index in [1.165, 1.54) is 12.1 Å². The van der Waals surface area contributed by atoms with Gasteiger partial charge in [-0.25, -0.2) is 8.78 Å². The van der Waals surface area contributed by atoms with Gasteiger partial charge in [0.05, 0.1) is 0 Å². The summed E-state index contributed by atoms with van der Waals surface area (Å²) >= 11 is 0. The summed E-state index contributed by atoms with van der Waals surface area (Å²) in [6, 6.07) is 2.35. The van der Waals surface area contributed by atoms with Crippen LogP contribution in [0.3, 0.4) is 0 Å². The quantitative estimate of drug-likeness (QED) is 0.889. The maximum Gasteiger partial charge on any atom is 0.257 e. The number of hydrogen-bond donors (Lipinski definition) is 1. The zero-order chi connectivity index (χ0) is 14.2. The van der Waals surface area contributed by atoms with Crippen LogP contribution in [0.2, 0.25) is 0 Å². The van der Waals surface area contributed by atoms with E-state index in [0.717, 1.165) is 12.8 Å². The molecule has 0 aliphatic heterocycles. The number of nitrogens with one attached hydrogen (secondary N) is 1. The predicted octanol–water partition coefficient (Wildman–Crippen LogP) is 3.44. The molecule has 19 heavy (non-hydrogen) atoms. The van der Waals surface area contributed by atoms with Gasteiger partial charge in [0.15, 0.2) is 0 Å². The molecule has 0 aromatic heterocycles. The Bertz CT molecular complexity index is 470. The minimum absolute atomic E-state index is 0.00685. The van der Waals surface area contributed by atoms with Crippen LogP contribution in [0.5, 0.6) is 0 Å². The van der Waals surface area contributed by atoms with E-state index in [1.807, 2.05) is 13.8 Å². The van der Waals surface area contributed by atoms with Crippen molar-refractivity contribution in [3.8, 4) is 0 Å². The van der Waals surface area contributed by atoms with Crippen LogP contribution in [-0.2, 0) is 0 Å². The van der Waals surface area contributed by atoms with Gasteiger partial charge in [0.1, 0.15) is 17.2 Å². The van der Waals surface area contributed by atoms with Crippen LogP contribution in [-0.4, -0.2) is 11.9 Å². The number of carbonyl (C=O) groups excluding carboxylic acids is 1. The average molecular weight is 267 g/mol. The lowest BCUT2D eigenvalue weighted by molar-refractivity contribution is 0.0910. The largest absolute Gasteiger partial charge is 0.349 e. The third kappa shape index (κ3) is 3.11. The summed E-state index contributed by atoms with van der Waals surface area (Å²) in [6.45, 7) is 5.60. The Balaban J connectivity index is 2.20. The van der Waals surface area contributed by atoms with Gasteiger partial charge in [-0.05, 0) is 49.3 Å². The molecule has 1 N–H and O–H groups in total. The van der Waals surface area contributed by atoms with Crippen molar-refractivity contribution in [3.63, 3.8) is 0 Å². The van der Waals surface area contributed by atoms with Crippen molar-refractivity contribution in [1.29, 1.82) is 0 Å². The summed E-state index contributed by atoms with van der Waals surface area (Å²) in [5, 5.41) is 2.78. The number of rotatable bonds is 4. The Labute approximate surface area is 112 Å². The smallest absolute Gasteiger partial charge is 0.257 e. The molecule has 104 valence electrons. The van der Waals surface area contributed by atoms with Crippen molar-refractivity contribution in [1.82, 2.24) is 5.32 Å². The van der Waals surface area contributed by atoms with E-state index < -0.39 is 23.1 Å². The number of benzene rings is 1. The highest BCUT2D eigenvalue weighted by atomic mass is 19.1. The van der Waals surface area contributed by atoms with Crippen molar-refractivity contribution in [2.24, 2.45) is 11.8 Å². The van der Waals surface area contributed by atoms with Gasteiger partial charge >= 0.3 is 0 Å². The van der Waals surface area contributed by atoms with Crippen molar-refractivity contribution in [2.75, 3.05) is 0 Å². The normalized spacial score (nSPS) is 16.5. The molecule has 1 amide bonds. The van der Waals surface area contributed by atoms with E-state index >= 15 is 0 Å². The molecule has 1 unspecified atom stereocenters. The van der Waals surface area contributed by atoms with Gasteiger partial charge in [-0.15, -0.1) is 0 Å². The maximum atomic E-state index is 13.7. The SMILES string of the molecule is Cc1cc(F)c(C(=O)NC(C(C)C)C2CC2)c(F)c1. The topological polar surface area (TPSA) is 29.1 Å². The summed E-state index contributed by atoms with van der Waals surface area (Å²) in [6.07, 6.45) is 2.14. The monoisotopic (exact) mass is 267 g/mol. The molecule has 0 saturated heterocycles. The zero-order valence-corrected chi connectivity index (χ0v) is 11.5. The molecule has 1 aliphatic rings. The molecule has 1 aliphatic carbocycles. The van der Waals surface area contributed by atoms with Crippen LogP contribution < -0.4 is 5.32 Å². The number of amides is 1. The minimum atomic E-state index is -0.798. The van der Waals surface area contributed by atoms with Gasteiger partial charge in [0.2, 0.25) is 0 Å². The molecule has 2 nitrogen and oxygen atoms in total. The summed E-state index contributed by atoms with van der Waals surface area (Å²) in [4.78, 5) is 12.1. The predicted molar refractivity (Wildman–Crippen MR) is 69.9 cm³/mol. The fourth-order valence-corrected chi connectivity index (χ4v) is 2.42. The molecule has 1 aromatic carbocycles. The number of carbonyl (C=O) groups is 1. The molecule has 0 spiro atoms. The fourth-order valence-electron chi connectivity index (χ4n) is 2.42. The standard InChI is InChI=1S/C15H19F2NO/c1-8(2)14(10-4-5-10)18-15(19)13-11(16)6-9(3)7-12(13)17/h6-8,10,14H,4-5H2,1-3H3,(H,18,19). The minimum Gasteiger partial charge on any atom is -0.349 e. The van der Waals surface area contributed by atoms with Crippen molar-refractivity contribution >= 4 is 5.91 Å². The van der Waals surface area contributed by atoms with Gasteiger partial charge < -0.3 is 5.32 Å². The molecular weight excluding hydrogens is 248 g/mol. The second-order valence-corrected chi connectivity index (χ2v) is 5.68. The number of hydrogen-bond acceptors (Lipinski definition) is 1. The molecule has 0 heterocycles. The van der Waals surface area contributed by atoms with Gasteiger partial charge in [-0.2, -0.15) is 0 Å². The van der Waals surface area contributed by atoms with E-state index in [-0.39, 0.29) is 12.0 Å². The van der Waals surface area contributed by atoms with E-state index in [4.69, 9.17) is 0 Å². The zero-order valence-electron chi connectivity index (χ0n) is 11.5. The lowest BCUT2D eigenvalue weighted by atomic mass is 9.99. The molecule has 1 aromatic rings. The van der Waals surface area contributed by atoms with Gasteiger partial charge in [0.25, 0.3) is 5.91 Å². The first-order valence-electron chi connectivity index (χ1n) is 6.66. The molecule has 1 saturated carbocycles. The van der Waals surface area contributed by atoms with Gasteiger partial charge in [0, 0.05) is 6.04 Å². The highest BCUT2D eigenvalue weighted by molar-refractivity contribution is 5.95. The third-order valence-electron chi connectivity index (χ3n) is 3.56. The average Bonchev–Trinajstić information content (AvgIpc) is 3.07. The van der Waals surface area contributed by atoms with Crippen molar-refractivity contribution in [2.45, 2.75) is 39.7 Å². The third-order valence-corrected chi connectivity index (χ3v) is 3.56. The van der Waals surface area contributed by atoms with Crippen molar-refractivity contribution < 1.29 is 13.6 Å². The first-order chi connectivity index (χ1) is 8.90. The summed E-state index contributed by atoms with van der Waals surface area (Å²) < 4.78 is 27.5. The molecule has 0 bridgehead atoms. The molecule has 2 rings (SSSR count). The summed E-state index contributed by atoms with van der Waals surface area (Å²) in [7, 11) is 0. The number of aryl methyl sites for hydroxylation is 1. The van der Waals surface area contributed by atoms with E-state index in [2.05, 4.69) is 5.32 Å². The van der Waals surface area contributed by atoms with Crippen LogP contribution in [0.4, 0.5) is 8.78 Å². The Morgan fingerprint density at radius 3 is 2.21 bits per heavy atom. The molecule has 1 fully saturated rings. The lowest BCUT2D eigenvalue weighted by Crippen LogP contribution is -2.40.